The first kappa shape index (κ1) is 23.5. The molecule has 26 heavy (non-hydrogen) atoms. The lowest BCUT2D eigenvalue weighted by Crippen LogP contribution is -2.39. The molecule has 0 aromatic rings. The number of ether oxygens (including phenoxy) is 2. The highest BCUT2D eigenvalue weighted by Gasteiger charge is 2.27. The molecule has 0 aromatic heterocycles. The molecule has 0 heterocycles. The third-order valence-corrected chi connectivity index (χ3v) is 4.00. The van der Waals surface area contributed by atoms with Gasteiger partial charge in [0.2, 0.25) is 0 Å². The minimum atomic E-state index is -0.980. The van der Waals surface area contributed by atoms with Gasteiger partial charge >= 0.3 is 24.2 Å². The lowest BCUT2D eigenvalue weighted by molar-refractivity contribution is 0.0405. The van der Waals surface area contributed by atoms with Gasteiger partial charge < -0.3 is 20.9 Å². The van der Waals surface area contributed by atoms with Crippen molar-refractivity contribution >= 4 is 24.2 Å². The molecule has 0 radical (unpaired) electrons. The summed E-state index contributed by atoms with van der Waals surface area (Å²) >= 11 is 0. The number of nitrogens with two attached hydrogens (primary N) is 2. The van der Waals surface area contributed by atoms with Crippen molar-refractivity contribution in [1.82, 2.24) is 10.6 Å². The summed E-state index contributed by atoms with van der Waals surface area (Å²) in [7, 11) is 0. The number of rotatable bonds is 10. The number of imide groups is 2. The Labute approximate surface area is 153 Å². The molecular formula is C16H30N4O6. The summed E-state index contributed by atoms with van der Waals surface area (Å²) in [6.07, 6.45) is 1.36. The number of primary amides is 2. The summed E-state index contributed by atoms with van der Waals surface area (Å²) in [4.78, 5) is 44.4. The molecular weight excluding hydrogens is 344 g/mol. The lowest BCUT2D eigenvalue weighted by atomic mass is 9.85. The standard InChI is InChI=1S/C16H30N4O6/c1-4-7-12(26-16(24)20-14(18)22)11(6-3)8-10(5-2)9-25-15(23)19-13(17)21/h10-12H,4-9H2,1-3H3,(H3,17,19,21,23)(H3,18,20,22,24). The Morgan fingerprint density at radius 2 is 1.50 bits per heavy atom. The molecule has 0 spiro atoms. The molecule has 0 rings (SSSR count). The molecule has 10 heteroatoms. The van der Waals surface area contributed by atoms with E-state index in [2.05, 4.69) is 0 Å². The molecule has 6 amide bonds. The van der Waals surface area contributed by atoms with Crippen LogP contribution in [0.4, 0.5) is 19.2 Å². The fraction of sp³-hybridized carbons (Fsp3) is 0.750. The fourth-order valence-electron chi connectivity index (χ4n) is 2.64. The molecule has 6 N–H and O–H groups in total. The second kappa shape index (κ2) is 12.8. The number of amides is 6. The van der Waals surface area contributed by atoms with Crippen LogP contribution in [0.25, 0.3) is 0 Å². The summed E-state index contributed by atoms with van der Waals surface area (Å²) in [5, 5.41) is 3.73. The van der Waals surface area contributed by atoms with Crippen LogP contribution in [0.3, 0.4) is 0 Å². The number of carbonyl (C=O) groups is 4. The maximum absolute atomic E-state index is 11.7. The fourth-order valence-corrected chi connectivity index (χ4v) is 2.64. The SMILES string of the molecule is CCCC(OC(=O)NC(N)=O)C(CC)CC(CC)COC(=O)NC(N)=O. The van der Waals surface area contributed by atoms with Crippen LogP contribution in [0.1, 0.15) is 52.9 Å². The Bertz CT molecular complexity index is 485. The van der Waals surface area contributed by atoms with Crippen molar-refractivity contribution in [2.24, 2.45) is 23.3 Å². The molecule has 3 atom stereocenters. The first-order chi connectivity index (χ1) is 12.2. The molecule has 10 nitrogen and oxygen atoms in total. The number of carbonyl (C=O) groups excluding carboxylic acids is 4. The van der Waals surface area contributed by atoms with Gasteiger partial charge in [0.1, 0.15) is 6.10 Å². The van der Waals surface area contributed by atoms with Crippen LogP contribution in [0.5, 0.6) is 0 Å². The van der Waals surface area contributed by atoms with Gasteiger partial charge in [-0.05, 0) is 31.1 Å². The summed E-state index contributed by atoms with van der Waals surface area (Å²) in [6, 6.07) is -1.95. The zero-order valence-electron chi connectivity index (χ0n) is 15.6. The Balaban J connectivity index is 4.78. The number of alkyl carbamates (subject to hydrolysis) is 2. The largest absolute Gasteiger partial charge is 0.449 e. The van der Waals surface area contributed by atoms with Crippen LogP contribution in [0.15, 0.2) is 0 Å². The highest BCUT2D eigenvalue weighted by molar-refractivity contribution is 5.90. The van der Waals surface area contributed by atoms with Crippen LogP contribution in [0.2, 0.25) is 0 Å². The van der Waals surface area contributed by atoms with Crippen molar-refractivity contribution in [3.8, 4) is 0 Å². The van der Waals surface area contributed by atoms with Crippen LogP contribution in [0, 0.1) is 11.8 Å². The van der Waals surface area contributed by atoms with Gasteiger partial charge in [0.15, 0.2) is 0 Å². The molecule has 150 valence electrons. The first-order valence-corrected chi connectivity index (χ1v) is 8.73. The predicted molar refractivity (Wildman–Crippen MR) is 94.1 cm³/mol. The molecule has 0 aromatic carbocycles. The van der Waals surface area contributed by atoms with Gasteiger partial charge in [-0.2, -0.15) is 0 Å². The zero-order valence-corrected chi connectivity index (χ0v) is 15.6. The Morgan fingerprint density at radius 1 is 0.923 bits per heavy atom. The Morgan fingerprint density at radius 3 is 1.96 bits per heavy atom. The maximum atomic E-state index is 11.7. The van der Waals surface area contributed by atoms with Crippen LogP contribution in [-0.4, -0.2) is 37.0 Å². The van der Waals surface area contributed by atoms with E-state index < -0.39 is 30.4 Å². The molecule has 0 fully saturated rings. The first-order valence-electron chi connectivity index (χ1n) is 8.73. The quantitative estimate of drug-likeness (QED) is 0.458. The van der Waals surface area contributed by atoms with Gasteiger partial charge in [-0.1, -0.05) is 33.6 Å². The number of urea groups is 2. The summed E-state index contributed by atoms with van der Waals surface area (Å²) in [5.74, 6) is 0.0297. The number of nitrogens with one attached hydrogen (secondary N) is 2. The van der Waals surface area contributed by atoms with Crippen molar-refractivity contribution in [3.05, 3.63) is 0 Å². The van der Waals surface area contributed by atoms with E-state index in [1.54, 1.807) is 0 Å². The van der Waals surface area contributed by atoms with E-state index in [-0.39, 0.29) is 18.4 Å². The van der Waals surface area contributed by atoms with Gasteiger partial charge in [-0.25, -0.2) is 29.8 Å². The van der Waals surface area contributed by atoms with E-state index in [1.165, 1.54) is 0 Å². The Kier molecular flexibility index (Phi) is 11.5. The monoisotopic (exact) mass is 374 g/mol. The average molecular weight is 374 g/mol. The second-order valence-electron chi connectivity index (χ2n) is 5.99. The smallest absolute Gasteiger partial charge is 0.415 e. The zero-order chi connectivity index (χ0) is 20.1. The van der Waals surface area contributed by atoms with Gasteiger partial charge in [-0.15, -0.1) is 0 Å². The van der Waals surface area contributed by atoms with Crippen LogP contribution >= 0.6 is 0 Å². The van der Waals surface area contributed by atoms with Crippen molar-refractivity contribution in [3.63, 3.8) is 0 Å². The Hall–Kier alpha value is -2.52. The normalized spacial score (nSPS) is 13.8. The molecule has 0 aliphatic heterocycles. The van der Waals surface area contributed by atoms with Gasteiger partial charge in [0.05, 0.1) is 6.61 Å². The maximum Gasteiger partial charge on any atom is 0.415 e. The van der Waals surface area contributed by atoms with Gasteiger partial charge in [0, 0.05) is 0 Å². The molecule has 0 aliphatic rings. The number of hydrogen-bond acceptors (Lipinski definition) is 6. The molecule has 3 unspecified atom stereocenters. The highest BCUT2D eigenvalue weighted by Crippen LogP contribution is 2.26. The molecule has 0 aliphatic carbocycles. The highest BCUT2D eigenvalue weighted by atomic mass is 16.6. The van der Waals surface area contributed by atoms with E-state index in [0.29, 0.717) is 12.8 Å². The van der Waals surface area contributed by atoms with Crippen molar-refractivity contribution in [1.29, 1.82) is 0 Å². The third kappa shape index (κ3) is 10.4. The third-order valence-electron chi connectivity index (χ3n) is 4.00. The van der Waals surface area contributed by atoms with E-state index in [9.17, 15) is 19.2 Å². The number of hydrogen-bond donors (Lipinski definition) is 4. The molecule has 0 saturated carbocycles. The average Bonchev–Trinajstić information content (AvgIpc) is 2.53. The van der Waals surface area contributed by atoms with E-state index in [4.69, 9.17) is 20.9 Å². The van der Waals surface area contributed by atoms with Crippen molar-refractivity contribution in [2.75, 3.05) is 6.61 Å². The predicted octanol–water partition coefficient (Wildman–Crippen LogP) is 2.21. The van der Waals surface area contributed by atoms with Crippen LogP contribution < -0.4 is 22.1 Å². The topological polar surface area (TPSA) is 163 Å². The van der Waals surface area contributed by atoms with Gasteiger partial charge in [-0.3, -0.25) is 0 Å². The van der Waals surface area contributed by atoms with E-state index >= 15 is 0 Å². The lowest BCUT2D eigenvalue weighted by Gasteiger charge is -2.29. The second-order valence-corrected chi connectivity index (χ2v) is 5.99. The molecule has 0 bridgehead atoms. The minimum absolute atomic E-state index is 0.0146. The summed E-state index contributed by atoms with van der Waals surface area (Å²) < 4.78 is 10.3. The van der Waals surface area contributed by atoms with E-state index in [1.807, 2.05) is 31.4 Å². The molecule has 0 saturated heterocycles. The van der Waals surface area contributed by atoms with Crippen molar-refractivity contribution < 1.29 is 28.7 Å². The van der Waals surface area contributed by atoms with Crippen molar-refractivity contribution in [2.45, 2.75) is 59.0 Å². The van der Waals surface area contributed by atoms with E-state index in [0.717, 1.165) is 19.3 Å². The minimum Gasteiger partial charge on any atom is -0.449 e. The van der Waals surface area contributed by atoms with Gasteiger partial charge in [0.25, 0.3) is 0 Å². The van der Waals surface area contributed by atoms with Crippen LogP contribution in [-0.2, 0) is 9.47 Å². The summed E-state index contributed by atoms with van der Waals surface area (Å²) in [6.45, 7) is 5.99. The summed E-state index contributed by atoms with van der Waals surface area (Å²) in [5.41, 5.74) is 9.77.